The number of fused-ring (bicyclic) bond motifs is 1. The van der Waals surface area contributed by atoms with Gasteiger partial charge in [-0.2, -0.15) is 0 Å². The molecule has 1 saturated heterocycles. The third-order valence-corrected chi connectivity index (χ3v) is 3.80. The van der Waals surface area contributed by atoms with Crippen molar-refractivity contribution in [3.8, 4) is 0 Å². The van der Waals surface area contributed by atoms with Gasteiger partial charge in [0.05, 0.1) is 11.7 Å². The molecular weight excluding hydrogens is 266 g/mol. The summed E-state index contributed by atoms with van der Waals surface area (Å²) in [6.45, 7) is 7.14. The van der Waals surface area contributed by atoms with Crippen molar-refractivity contribution in [2.24, 2.45) is 0 Å². The average molecular weight is 287 g/mol. The molecule has 0 spiro atoms. The quantitative estimate of drug-likeness (QED) is 0.875. The lowest BCUT2D eigenvalue weighted by Gasteiger charge is -2.24. The van der Waals surface area contributed by atoms with Gasteiger partial charge in [0.15, 0.2) is 0 Å². The van der Waals surface area contributed by atoms with E-state index in [0.29, 0.717) is 12.5 Å². The van der Waals surface area contributed by atoms with Gasteiger partial charge >= 0.3 is 6.09 Å². The molecule has 1 unspecified atom stereocenters. The van der Waals surface area contributed by atoms with Crippen LogP contribution >= 0.6 is 0 Å². The van der Waals surface area contributed by atoms with Crippen LogP contribution in [-0.4, -0.2) is 39.7 Å². The maximum Gasteiger partial charge on any atom is 0.410 e. The molecule has 1 aliphatic rings. The van der Waals surface area contributed by atoms with Crippen LogP contribution in [0.15, 0.2) is 24.7 Å². The van der Waals surface area contributed by atoms with Crippen molar-refractivity contribution < 1.29 is 9.53 Å². The van der Waals surface area contributed by atoms with Gasteiger partial charge in [-0.05, 0) is 38.8 Å². The Hall–Kier alpha value is -2.04. The van der Waals surface area contributed by atoms with Crippen molar-refractivity contribution in [2.45, 2.75) is 38.7 Å². The second-order valence-corrected chi connectivity index (χ2v) is 6.58. The second-order valence-electron chi connectivity index (χ2n) is 6.58. The van der Waals surface area contributed by atoms with E-state index in [1.807, 2.05) is 39.2 Å². The van der Waals surface area contributed by atoms with Gasteiger partial charge in [-0.15, -0.1) is 0 Å². The number of carbonyl (C=O) groups excluding carboxylic acids is 1. The van der Waals surface area contributed by atoms with Crippen LogP contribution < -0.4 is 0 Å². The molecule has 3 heterocycles. The first-order valence-corrected chi connectivity index (χ1v) is 7.33. The Kier molecular flexibility index (Phi) is 3.35. The number of pyridine rings is 1. The van der Waals surface area contributed by atoms with E-state index < -0.39 is 5.60 Å². The Balaban J connectivity index is 1.74. The molecule has 0 aromatic carbocycles. The Morgan fingerprint density at radius 3 is 3.05 bits per heavy atom. The summed E-state index contributed by atoms with van der Waals surface area (Å²) >= 11 is 0. The predicted octanol–water partition coefficient (Wildman–Crippen LogP) is 3.29. The van der Waals surface area contributed by atoms with Gasteiger partial charge in [0.1, 0.15) is 5.60 Å². The van der Waals surface area contributed by atoms with Crippen molar-refractivity contribution in [1.29, 1.82) is 0 Å². The first-order chi connectivity index (χ1) is 9.94. The van der Waals surface area contributed by atoms with E-state index in [9.17, 15) is 4.79 Å². The zero-order chi connectivity index (χ0) is 15.0. The predicted molar refractivity (Wildman–Crippen MR) is 81.3 cm³/mol. The number of carbonyl (C=O) groups is 1. The van der Waals surface area contributed by atoms with Gasteiger partial charge in [-0.3, -0.25) is 4.98 Å². The molecular formula is C16H21N3O2. The zero-order valence-electron chi connectivity index (χ0n) is 12.7. The molecule has 0 saturated carbocycles. The molecule has 21 heavy (non-hydrogen) atoms. The number of ether oxygens (including phenoxy) is 1. The highest BCUT2D eigenvalue weighted by Gasteiger charge is 2.31. The lowest BCUT2D eigenvalue weighted by Crippen LogP contribution is -2.35. The summed E-state index contributed by atoms with van der Waals surface area (Å²) < 4.78 is 5.44. The molecule has 2 aromatic heterocycles. The summed E-state index contributed by atoms with van der Waals surface area (Å²) in [7, 11) is 0. The minimum Gasteiger partial charge on any atom is -0.444 e. The lowest BCUT2D eigenvalue weighted by atomic mass is 9.98. The molecule has 0 radical (unpaired) electrons. The molecule has 5 heteroatoms. The highest BCUT2D eigenvalue weighted by molar-refractivity contribution is 5.83. The van der Waals surface area contributed by atoms with Gasteiger partial charge in [0.2, 0.25) is 0 Å². The van der Waals surface area contributed by atoms with Crippen LogP contribution in [-0.2, 0) is 4.74 Å². The van der Waals surface area contributed by atoms with Crippen molar-refractivity contribution in [3.63, 3.8) is 0 Å². The molecule has 1 atom stereocenters. The highest BCUT2D eigenvalue weighted by atomic mass is 16.6. The van der Waals surface area contributed by atoms with E-state index in [1.165, 1.54) is 10.9 Å². The maximum atomic E-state index is 12.1. The third-order valence-electron chi connectivity index (χ3n) is 3.80. The molecule has 5 nitrogen and oxygen atoms in total. The second kappa shape index (κ2) is 5.06. The number of likely N-dealkylation sites (tertiary alicyclic amines) is 1. The van der Waals surface area contributed by atoms with Gasteiger partial charge < -0.3 is 14.6 Å². The molecule has 3 rings (SSSR count). The fraction of sp³-hybridized carbons (Fsp3) is 0.500. The summed E-state index contributed by atoms with van der Waals surface area (Å²) in [4.78, 5) is 21.3. The number of nitrogens with zero attached hydrogens (tertiary/aromatic N) is 2. The maximum absolute atomic E-state index is 12.1. The molecule has 0 bridgehead atoms. The van der Waals surface area contributed by atoms with Gasteiger partial charge in [0.25, 0.3) is 0 Å². The SMILES string of the molecule is CC(C)(C)OC(=O)N1CCC(c2c[nH]c3cnccc23)C1. The number of amides is 1. The van der Waals surface area contributed by atoms with Crippen LogP contribution in [0.25, 0.3) is 10.9 Å². The number of aromatic nitrogens is 2. The van der Waals surface area contributed by atoms with Crippen LogP contribution in [0.5, 0.6) is 0 Å². The third kappa shape index (κ3) is 2.86. The summed E-state index contributed by atoms with van der Waals surface area (Å²) in [5.74, 6) is 0.355. The van der Waals surface area contributed by atoms with Crippen LogP contribution in [0.1, 0.15) is 38.7 Å². The van der Waals surface area contributed by atoms with E-state index in [0.717, 1.165) is 18.5 Å². The van der Waals surface area contributed by atoms with Crippen molar-refractivity contribution >= 4 is 17.0 Å². The van der Waals surface area contributed by atoms with Gasteiger partial charge in [-0.25, -0.2) is 4.79 Å². The first-order valence-electron chi connectivity index (χ1n) is 7.33. The monoisotopic (exact) mass is 287 g/mol. The zero-order valence-corrected chi connectivity index (χ0v) is 12.7. The highest BCUT2D eigenvalue weighted by Crippen LogP contribution is 2.32. The fourth-order valence-corrected chi connectivity index (χ4v) is 2.84. The number of hydrogen-bond donors (Lipinski definition) is 1. The summed E-state index contributed by atoms with van der Waals surface area (Å²) in [6.07, 6.45) is 6.43. The van der Waals surface area contributed by atoms with Crippen LogP contribution in [0, 0.1) is 0 Å². The minimum absolute atomic E-state index is 0.216. The standard InChI is InChI=1S/C16H21N3O2/c1-16(2,3)21-15(20)19-7-5-11(10-19)13-8-18-14-9-17-6-4-12(13)14/h4,6,8-9,11,18H,5,7,10H2,1-3H3. The van der Waals surface area contributed by atoms with E-state index in [2.05, 4.69) is 9.97 Å². The number of rotatable bonds is 1. The van der Waals surface area contributed by atoms with Crippen LogP contribution in [0.3, 0.4) is 0 Å². The largest absolute Gasteiger partial charge is 0.444 e. The molecule has 1 amide bonds. The normalized spacial score (nSPS) is 19.2. The Bertz CT molecular complexity index is 657. The number of hydrogen-bond acceptors (Lipinski definition) is 3. The lowest BCUT2D eigenvalue weighted by molar-refractivity contribution is 0.0292. The number of aromatic amines is 1. The van der Waals surface area contributed by atoms with Crippen LogP contribution in [0.4, 0.5) is 4.79 Å². The molecule has 112 valence electrons. The molecule has 1 fully saturated rings. The van der Waals surface area contributed by atoms with Gasteiger partial charge in [0, 0.05) is 36.8 Å². The minimum atomic E-state index is -0.443. The van der Waals surface area contributed by atoms with E-state index in [-0.39, 0.29) is 6.09 Å². The summed E-state index contributed by atoms with van der Waals surface area (Å²) in [5, 5.41) is 1.20. The van der Waals surface area contributed by atoms with Crippen molar-refractivity contribution in [3.05, 3.63) is 30.2 Å². The summed E-state index contributed by atoms with van der Waals surface area (Å²) in [6, 6.07) is 2.03. The van der Waals surface area contributed by atoms with E-state index in [4.69, 9.17) is 4.74 Å². The Morgan fingerprint density at radius 1 is 1.48 bits per heavy atom. The Labute approximate surface area is 124 Å². The Morgan fingerprint density at radius 2 is 2.29 bits per heavy atom. The average Bonchev–Trinajstić information content (AvgIpc) is 3.03. The molecule has 1 N–H and O–H groups in total. The molecule has 1 aliphatic heterocycles. The smallest absolute Gasteiger partial charge is 0.410 e. The summed E-state index contributed by atoms with van der Waals surface area (Å²) in [5.41, 5.74) is 1.86. The van der Waals surface area contributed by atoms with Crippen molar-refractivity contribution in [2.75, 3.05) is 13.1 Å². The van der Waals surface area contributed by atoms with E-state index in [1.54, 1.807) is 11.1 Å². The number of H-pyrrole nitrogens is 1. The first kappa shape index (κ1) is 13.9. The molecule has 2 aromatic rings. The van der Waals surface area contributed by atoms with Crippen LogP contribution in [0.2, 0.25) is 0 Å². The van der Waals surface area contributed by atoms with Crippen molar-refractivity contribution in [1.82, 2.24) is 14.9 Å². The fourth-order valence-electron chi connectivity index (χ4n) is 2.84. The van der Waals surface area contributed by atoms with E-state index >= 15 is 0 Å². The topological polar surface area (TPSA) is 58.2 Å². The van der Waals surface area contributed by atoms with Gasteiger partial charge in [-0.1, -0.05) is 0 Å². The number of nitrogens with one attached hydrogen (secondary N) is 1. The molecule has 0 aliphatic carbocycles.